The van der Waals surface area contributed by atoms with Crippen molar-refractivity contribution in [2.24, 2.45) is 22.7 Å². The Hall–Kier alpha value is -0.480. The summed E-state index contributed by atoms with van der Waals surface area (Å²) < 4.78 is 76.0. The molecule has 2 aliphatic heterocycles. The first-order valence-corrected chi connectivity index (χ1v) is 11.2. The predicted molar refractivity (Wildman–Crippen MR) is 101 cm³/mol. The molecule has 0 spiro atoms. The van der Waals surface area contributed by atoms with Crippen LogP contribution in [0.15, 0.2) is 0 Å². The lowest BCUT2D eigenvalue weighted by Gasteiger charge is -2.65. The van der Waals surface area contributed by atoms with E-state index in [1.807, 2.05) is 13.8 Å². The first-order chi connectivity index (χ1) is 14.2. The molecule has 4 unspecified atom stereocenters. The molecule has 5 nitrogen and oxygen atoms in total. The molecule has 4 atom stereocenters. The van der Waals surface area contributed by atoms with Crippen molar-refractivity contribution in [3.8, 4) is 0 Å². The van der Waals surface area contributed by atoms with Gasteiger partial charge in [-0.25, -0.2) is 0 Å². The van der Waals surface area contributed by atoms with Crippen molar-refractivity contribution in [3.63, 3.8) is 0 Å². The average molecular weight is 452 g/mol. The molecule has 4 bridgehead atoms. The van der Waals surface area contributed by atoms with Gasteiger partial charge in [0.15, 0.2) is 12.1 Å². The van der Waals surface area contributed by atoms with Crippen LogP contribution in [0.4, 0.5) is 17.6 Å². The van der Waals surface area contributed by atoms with Gasteiger partial charge in [-0.3, -0.25) is 0 Å². The minimum Gasteiger partial charge on any atom is -0.390 e. The van der Waals surface area contributed by atoms with Gasteiger partial charge in [-0.15, -0.1) is 0 Å². The Balaban J connectivity index is 1.24. The second-order valence-corrected chi connectivity index (χ2v) is 11.5. The fraction of sp³-hybridized carbons (Fsp3) is 1.00. The van der Waals surface area contributed by atoms with Crippen LogP contribution in [0.25, 0.3) is 0 Å². The monoisotopic (exact) mass is 452 g/mol. The highest BCUT2D eigenvalue weighted by Crippen LogP contribution is 2.71. The second kappa shape index (κ2) is 6.56. The Morgan fingerprint density at radius 1 is 0.968 bits per heavy atom. The quantitative estimate of drug-likeness (QED) is 0.502. The molecule has 6 rings (SSSR count). The normalized spacial score (nSPS) is 47.2. The van der Waals surface area contributed by atoms with Gasteiger partial charge < -0.3 is 24.1 Å². The van der Waals surface area contributed by atoms with Gasteiger partial charge in [-0.05, 0) is 76.5 Å². The molecule has 4 aliphatic carbocycles. The second-order valence-electron chi connectivity index (χ2n) is 11.5. The van der Waals surface area contributed by atoms with Crippen LogP contribution in [0.1, 0.15) is 59.3 Å². The largest absolute Gasteiger partial charge is 0.390 e. The van der Waals surface area contributed by atoms with E-state index >= 15 is 0 Å². The van der Waals surface area contributed by atoms with Crippen LogP contribution in [0.2, 0.25) is 0 Å². The maximum absolute atomic E-state index is 13.6. The van der Waals surface area contributed by atoms with E-state index in [1.165, 1.54) is 13.3 Å². The summed E-state index contributed by atoms with van der Waals surface area (Å²) in [7, 11) is 0. The highest BCUT2D eigenvalue weighted by molar-refractivity contribution is 5.16. The van der Waals surface area contributed by atoms with E-state index < -0.39 is 42.7 Å². The van der Waals surface area contributed by atoms with E-state index in [1.54, 1.807) is 0 Å². The predicted octanol–water partition coefficient (Wildman–Crippen LogP) is 4.12. The van der Waals surface area contributed by atoms with Crippen molar-refractivity contribution in [2.75, 3.05) is 19.8 Å². The lowest BCUT2D eigenvalue weighted by Crippen LogP contribution is -2.61. The standard InChI is InChI=1S/C22H32F4O5/c1-17(2,27)20-7-13-4-14(8-20)6-19(5-13,9-20)15-16(31-15)28-10-18(3)29-11-21(23,24)22(25,26)12-30-18/h13-16,27H,4-12H2,1-3H3. The molecule has 1 N–H and O–H groups in total. The number of epoxide rings is 1. The third-order valence-electron chi connectivity index (χ3n) is 8.62. The molecule has 0 aromatic rings. The number of aliphatic hydroxyl groups is 1. The fourth-order valence-electron chi connectivity index (χ4n) is 7.10. The maximum atomic E-state index is 13.6. The molecule has 0 aromatic carbocycles. The average Bonchev–Trinajstić information content (AvgIpc) is 3.42. The zero-order valence-corrected chi connectivity index (χ0v) is 18.3. The number of ether oxygens (including phenoxy) is 4. The Bertz CT molecular complexity index is 704. The molecule has 0 radical (unpaired) electrons. The number of alkyl halides is 4. The lowest BCUT2D eigenvalue weighted by atomic mass is 9.40. The smallest absolute Gasteiger partial charge is 0.335 e. The third kappa shape index (κ3) is 3.54. The molecular formula is C22H32F4O5. The molecule has 178 valence electrons. The summed E-state index contributed by atoms with van der Waals surface area (Å²) in [4.78, 5) is 0. The van der Waals surface area contributed by atoms with E-state index in [-0.39, 0.29) is 23.5 Å². The molecule has 6 aliphatic rings. The number of hydrogen-bond donors (Lipinski definition) is 1. The number of hydrogen-bond acceptors (Lipinski definition) is 5. The van der Waals surface area contributed by atoms with Crippen molar-refractivity contribution in [1.29, 1.82) is 0 Å². The van der Waals surface area contributed by atoms with Crippen LogP contribution in [-0.4, -0.2) is 60.6 Å². The molecule has 2 heterocycles. The summed E-state index contributed by atoms with van der Waals surface area (Å²) in [6.45, 7) is 1.99. The zero-order valence-electron chi connectivity index (χ0n) is 18.3. The Labute approximate surface area is 179 Å². The van der Waals surface area contributed by atoms with Gasteiger partial charge in [0.05, 0.1) is 5.60 Å². The van der Waals surface area contributed by atoms with Crippen LogP contribution >= 0.6 is 0 Å². The van der Waals surface area contributed by atoms with E-state index in [2.05, 4.69) is 0 Å². The van der Waals surface area contributed by atoms with Crippen molar-refractivity contribution < 1.29 is 41.6 Å². The van der Waals surface area contributed by atoms with Gasteiger partial charge >= 0.3 is 11.8 Å². The lowest BCUT2D eigenvalue weighted by molar-refractivity contribution is -0.254. The SMILES string of the molecule is CC1(COC2OC2C23CC4CC(C2)CC(C(C)(C)O)(C4)C3)OCC(F)(F)C(F)(F)CO1. The topological polar surface area (TPSA) is 60.5 Å². The van der Waals surface area contributed by atoms with E-state index in [0.717, 1.165) is 32.1 Å². The molecular weight excluding hydrogens is 420 g/mol. The number of halogens is 4. The van der Waals surface area contributed by atoms with Crippen molar-refractivity contribution in [3.05, 3.63) is 0 Å². The first-order valence-electron chi connectivity index (χ1n) is 11.2. The summed E-state index contributed by atoms with van der Waals surface area (Å²) in [5.74, 6) is -9.17. The first kappa shape index (κ1) is 22.3. The fourth-order valence-corrected chi connectivity index (χ4v) is 7.10. The van der Waals surface area contributed by atoms with Crippen molar-refractivity contribution in [1.82, 2.24) is 0 Å². The Morgan fingerprint density at radius 3 is 2.03 bits per heavy atom. The minimum atomic E-state index is -4.30. The van der Waals surface area contributed by atoms with Gasteiger partial charge in [0.2, 0.25) is 0 Å². The molecule has 4 saturated carbocycles. The van der Waals surface area contributed by atoms with Crippen LogP contribution in [0.3, 0.4) is 0 Å². The van der Waals surface area contributed by atoms with Crippen molar-refractivity contribution in [2.45, 2.75) is 94.9 Å². The molecule has 6 fully saturated rings. The summed E-state index contributed by atoms with van der Waals surface area (Å²) in [5, 5.41) is 11.0. The van der Waals surface area contributed by atoms with Crippen LogP contribution in [0.5, 0.6) is 0 Å². The molecule has 31 heavy (non-hydrogen) atoms. The summed E-state index contributed by atoms with van der Waals surface area (Å²) in [6.07, 6.45) is 5.54. The van der Waals surface area contributed by atoms with Gasteiger partial charge in [0.1, 0.15) is 25.9 Å². The Morgan fingerprint density at radius 2 is 1.52 bits per heavy atom. The van der Waals surface area contributed by atoms with Gasteiger partial charge in [0.25, 0.3) is 0 Å². The summed E-state index contributed by atoms with van der Waals surface area (Å²) in [5.41, 5.74) is -0.960. The highest BCUT2D eigenvalue weighted by atomic mass is 19.3. The van der Waals surface area contributed by atoms with Crippen LogP contribution in [-0.2, 0) is 18.9 Å². The highest BCUT2D eigenvalue weighted by Gasteiger charge is 2.69. The molecule has 9 heteroatoms. The molecule has 2 saturated heterocycles. The molecule has 0 amide bonds. The van der Waals surface area contributed by atoms with E-state index in [9.17, 15) is 22.7 Å². The zero-order chi connectivity index (χ0) is 22.5. The van der Waals surface area contributed by atoms with Gasteiger partial charge in [0, 0.05) is 5.41 Å². The third-order valence-corrected chi connectivity index (χ3v) is 8.62. The van der Waals surface area contributed by atoms with Crippen LogP contribution in [0, 0.1) is 22.7 Å². The van der Waals surface area contributed by atoms with E-state index in [4.69, 9.17) is 18.9 Å². The molecule has 0 aromatic heterocycles. The summed E-state index contributed by atoms with van der Waals surface area (Å²) in [6, 6.07) is 0. The van der Waals surface area contributed by atoms with Crippen molar-refractivity contribution >= 4 is 0 Å². The van der Waals surface area contributed by atoms with E-state index in [0.29, 0.717) is 11.8 Å². The summed E-state index contributed by atoms with van der Waals surface area (Å²) >= 11 is 0. The van der Waals surface area contributed by atoms with Gasteiger partial charge in [-0.1, -0.05) is 0 Å². The minimum absolute atomic E-state index is 0.0686. The maximum Gasteiger partial charge on any atom is 0.335 e. The number of rotatable bonds is 5. The Kier molecular flexibility index (Phi) is 4.72. The van der Waals surface area contributed by atoms with Crippen LogP contribution < -0.4 is 0 Å². The van der Waals surface area contributed by atoms with Gasteiger partial charge in [-0.2, -0.15) is 17.6 Å².